The minimum absolute atomic E-state index is 0.0323. The number of carbonyl (C=O) groups excluding carboxylic acids is 1. The van der Waals surface area contributed by atoms with Crippen molar-refractivity contribution in [1.82, 2.24) is 9.97 Å². The molecule has 2 aromatic rings. The largest absolute Gasteiger partial charge is 0.292 e. The van der Waals surface area contributed by atoms with E-state index >= 15 is 0 Å². The van der Waals surface area contributed by atoms with Crippen molar-refractivity contribution in [3.63, 3.8) is 0 Å². The zero-order valence-corrected chi connectivity index (χ0v) is 10.4. The van der Waals surface area contributed by atoms with Crippen LogP contribution in [0, 0.1) is 0 Å². The second-order valence-electron chi connectivity index (χ2n) is 3.88. The molecular weight excluding hydrogens is 236 g/mol. The Hall–Kier alpha value is -1.48. The SMILES string of the molecule is CCCCC(=O)c1nc2ccccc2nc1Cl. The van der Waals surface area contributed by atoms with E-state index in [1.165, 1.54) is 0 Å². The fourth-order valence-corrected chi connectivity index (χ4v) is 1.85. The van der Waals surface area contributed by atoms with Crippen molar-refractivity contribution in [3.8, 4) is 0 Å². The summed E-state index contributed by atoms with van der Waals surface area (Å²) in [6.45, 7) is 2.04. The molecule has 0 atom stereocenters. The number of Topliss-reactive ketones (excluding diaryl/α,β-unsaturated/α-hetero) is 1. The van der Waals surface area contributed by atoms with Gasteiger partial charge in [-0.25, -0.2) is 9.97 Å². The molecule has 2 rings (SSSR count). The molecule has 4 heteroatoms. The Kier molecular flexibility index (Phi) is 3.69. The van der Waals surface area contributed by atoms with E-state index in [1.807, 2.05) is 31.2 Å². The van der Waals surface area contributed by atoms with Gasteiger partial charge in [0.15, 0.2) is 10.9 Å². The van der Waals surface area contributed by atoms with Crippen molar-refractivity contribution < 1.29 is 4.79 Å². The van der Waals surface area contributed by atoms with Crippen LogP contribution >= 0.6 is 11.6 Å². The minimum Gasteiger partial charge on any atom is -0.292 e. The van der Waals surface area contributed by atoms with E-state index in [9.17, 15) is 4.79 Å². The smallest absolute Gasteiger partial charge is 0.184 e. The number of ketones is 1. The summed E-state index contributed by atoms with van der Waals surface area (Å²) in [6, 6.07) is 7.39. The highest BCUT2D eigenvalue weighted by atomic mass is 35.5. The molecule has 0 aliphatic carbocycles. The summed E-state index contributed by atoms with van der Waals surface area (Å²) < 4.78 is 0. The average molecular weight is 249 g/mol. The van der Waals surface area contributed by atoms with Crippen LogP contribution in [0.5, 0.6) is 0 Å². The number of nitrogens with zero attached hydrogens (tertiary/aromatic N) is 2. The highest BCUT2D eigenvalue weighted by Crippen LogP contribution is 2.18. The van der Waals surface area contributed by atoms with Crippen LogP contribution < -0.4 is 0 Å². The molecule has 0 aliphatic heterocycles. The van der Waals surface area contributed by atoms with Gasteiger partial charge in [-0.3, -0.25) is 4.79 Å². The lowest BCUT2D eigenvalue weighted by molar-refractivity contribution is 0.0975. The average Bonchev–Trinajstić information content (AvgIpc) is 2.35. The maximum absolute atomic E-state index is 11.9. The van der Waals surface area contributed by atoms with Crippen molar-refractivity contribution in [1.29, 1.82) is 0 Å². The van der Waals surface area contributed by atoms with Crippen LogP contribution in [0.15, 0.2) is 24.3 Å². The molecule has 88 valence electrons. The fourth-order valence-electron chi connectivity index (χ4n) is 1.61. The lowest BCUT2D eigenvalue weighted by atomic mass is 10.1. The van der Waals surface area contributed by atoms with E-state index in [1.54, 1.807) is 0 Å². The predicted octanol–water partition coefficient (Wildman–Crippen LogP) is 3.66. The normalized spacial score (nSPS) is 10.7. The zero-order valence-electron chi connectivity index (χ0n) is 9.61. The Morgan fingerprint density at radius 3 is 2.53 bits per heavy atom. The first-order valence-corrected chi connectivity index (χ1v) is 6.05. The fraction of sp³-hybridized carbons (Fsp3) is 0.308. The molecule has 1 aromatic carbocycles. The molecule has 0 saturated carbocycles. The van der Waals surface area contributed by atoms with Gasteiger partial charge < -0.3 is 0 Å². The van der Waals surface area contributed by atoms with Gasteiger partial charge in [-0.15, -0.1) is 0 Å². The third-order valence-electron chi connectivity index (χ3n) is 2.55. The standard InChI is InChI=1S/C13H13ClN2O/c1-2-3-8-11(17)12-13(14)16-10-7-5-4-6-9(10)15-12/h4-7H,2-3,8H2,1H3. The van der Waals surface area contributed by atoms with E-state index < -0.39 is 0 Å². The van der Waals surface area contributed by atoms with E-state index in [0.717, 1.165) is 12.8 Å². The summed E-state index contributed by atoms with van der Waals surface area (Å²) in [4.78, 5) is 20.4. The Morgan fingerprint density at radius 1 is 1.24 bits per heavy atom. The number of para-hydroxylation sites is 2. The van der Waals surface area contributed by atoms with Crippen molar-refractivity contribution in [3.05, 3.63) is 35.1 Å². The first-order chi connectivity index (χ1) is 8.22. The van der Waals surface area contributed by atoms with E-state index in [-0.39, 0.29) is 10.9 Å². The highest BCUT2D eigenvalue weighted by molar-refractivity contribution is 6.32. The number of hydrogen-bond donors (Lipinski definition) is 0. The molecule has 0 aliphatic rings. The molecule has 0 radical (unpaired) electrons. The molecule has 1 heterocycles. The van der Waals surface area contributed by atoms with Crippen LogP contribution in [0.4, 0.5) is 0 Å². The molecule has 0 unspecified atom stereocenters. The Morgan fingerprint density at radius 2 is 1.88 bits per heavy atom. The number of halogens is 1. The van der Waals surface area contributed by atoms with Gasteiger partial charge in [-0.05, 0) is 18.6 Å². The van der Waals surface area contributed by atoms with Crippen LogP contribution in [0.3, 0.4) is 0 Å². The third kappa shape index (κ3) is 2.61. The molecule has 3 nitrogen and oxygen atoms in total. The van der Waals surface area contributed by atoms with Crippen molar-refractivity contribution >= 4 is 28.4 Å². The summed E-state index contributed by atoms with van der Waals surface area (Å²) in [7, 11) is 0. The van der Waals surface area contributed by atoms with Crippen molar-refractivity contribution in [2.45, 2.75) is 26.2 Å². The summed E-state index contributed by atoms with van der Waals surface area (Å²) in [5.74, 6) is -0.0323. The number of unbranched alkanes of at least 4 members (excludes halogenated alkanes) is 1. The van der Waals surface area contributed by atoms with Gasteiger partial charge in [-0.2, -0.15) is 0 Å². The summed E-state index contributed by atoms with van der Waals surface area (Å²) in [5, 5.41) is 0.199. The van der Waals surface area contributed by atoms with Gasteiger partial charge in [0.2, 0.25) is 0 Å². The number of aromatic nitrogens is 2. The number of carbonyl (C=O) groups is 1. The lowest BCUT2D eigenvalue weighted by Crippen LogP contribution is -2.05. The van der Waals surface area contributed by atoms with Gasteiger partial charge in [-0.1, -0.05) is 37.1 Å². The quantitative estimate of drug-likeness (QED) is 0.776. The summed E-state index contributed by atoms with van der Waals surface area (Å²) in [6.07, 6.45) is 2.30. The second kappa shape index (κ2) is 5.23. The molecule has 17 heavy (non-hydrogen) atoms. The Balaban J connectivity index is 2.40. The third-order valence-corrected chi connectivity index (χ3v) is 2.81. The lowest BCUT2D eigenvalue weighted by Gasteiger charge is -2.03. The van der Waals surface area contributed by atoms with Gasteiger partial charge in [0.05, 0.1) is 11.0 Å². The predicted molar refractivity (Wildman–Crippen MR) is 68.4 cm³/mol. The van der Waals surface area contributed by atoms with Crippen LogP contribution in [0.2, 0.25) is 5.15 Å². The Labute approximate surface area is 105 Å². The summed E-state index contributed by atoms with van der Waals surface area (Å²) >= 11 is 5.98. The highest BCUT2D eigenvalue weighted by Gasteiger charge is 2.14. The van der Waals surface area contributed by atoms with Crippen LogP contribution in [0.1, 0.15) is 36.7 Å². The molecule has 1 aromatic heterocycles. The number of hydrogen-bond acceptors (Lipinski definition) is 3. The van der Waals surface area contributed by atoms with E-state index in [0.29, 0.717) is 23.1 Å². The number of rotatable bonds is 4. The molecule has 0 bridgehead atoms. The van der Waals surface area contributed by atoms with E-state index in [4.69, 9.17) is 11.6 Å². The maximum Gasteiger partial charge on any atom is 0.184 e. The zero-order chi connectivity index (χ0) is 12.3. The van der Waals surface area contributed by atoms with Crippen molar-refractivity contribution in [2.24, 2.45) is 0 Å². The van der Waals surface area contributed by atoms with Gasteiger partial charge >= 0.3 is 0 Å². The van der Waals surface area contributed by atoms with Crippen LogP contribution in [0.25, 0.3) is 11.0 Å². The van der Waals surface area contributed by atoms with Crippen LogP contribution in [-0.4, -0.2) is 15.8 Å². The molecule has 0 N–H and O–H groups in total. The molecule has 0 saturated heterocycles. The maximum atomic E-state index is 11.9. The minimum atomic E-state index is -0.0323. The topological polar surface area (TPSA) is 42.9 Å². The second-order valence-corrected chi connectivity index (χ2v) is 4.24. The van der Waals surface area contributed by atoms with Crippen LogP contribution in [-0.2, 0) is 0 Å². The Bertz CT molecular complexity index is 554. The molecule has 0 amide bonds. The van der Waals surface area contributed by atoms with Crippen molar-refractivity contribution in [2.75, 3.05) is 0 Å². The first-order valence-electron chi connectivity index (χ1n) is 5.68. The number of fused-ring (bicyclic) bond motifs is 1. The molecule has 0 spiro atoms. The van der Waals surface area contributed by atoms with Gasteiger partial charge in [0.25, 0.3) is 0 Å². The van der Waals surface area contributed by atoms with Gasteiger partial charge in [0, 0.05) is 6.42 Å². The number of benzene rings is 1. The van der Waals surface area contributed by atoms with Gasteiger partial charge in [0.1, 0.15) is 5.69 Å². The van der Waals surface area contributed by atoms with E-state index in [2.05, 4.69) is 9.97 Å². The molecule has 0 fully saturated rings. The first kappa shape index (κ1) is 12.0. The molecular formula is C13H13ClN2O. The monoisotopic (exact) mass is 248 g/mol. The summed E-state index contributed by atoms with van der Waals surface area (Å²) in [5.41, 5.74) is 1.71.